The standard InChI is InChI=1S/C9H19NO/c1-7(2)8-4-9(11-3)6-10-5-8/h7-10H,4-6H2,1-3H3/t8-,9+/m0/s1. The van der Waals surface area contributed by atoms with Crippen LogP contribution in [0, 0.1) is 11.8 Å². The van der Waals surface area contributed by atoms with Gasteiger partial charge in [-0.1, -0.05) is 13.8 Å². The molecule has 0 saturated carbocycles. The maximum Gasteiger partial charge on any atom is 0.0698 e. The van der Waals surface area contributed by atoms with Gasteiger partial charge in [-0.05, 0) is 24.8 Å². The highest BCUT2D eigenvalue weighted by Gasteiger charge is 2.23. The minimum absolute atomic E-state index is 0.441. The Morgan fingerprint density at radius 3 is 2.64 bits per heavy atom. The minimum Gasteiger partial charge on any atom is -0.380 e. The van der Waals surface area contributed by atoms with Crippen molar-refractivity contribution in [1.82, 2.24) is 5.32 Å². The van der Waals surface area contributed by atoms with E-state index in [9.17, 15) is 0 Å². The number of ether oxygens (including phenoxy) is 1. The van der Waals surface area contributed by atoms with Crippen molar-refractivity contribution in [2.75, 3.05) is 20.2 Å². The van der Waals surface area contributed by atoms with Crippen molar-refractivity contribution in [3.05, 3.63) is 0 Å². The molecule has 0 aromatic carbocycles. The fourth-order valence-corrected chi connectivity index (χ4v) is 1.62. The van der Waals surface area contributed by atoms with E-state index in [0.717, 1.165) is 24.9 Å². The molecular weight excluding hydrogens is 138 g/mol. The van der Waals surface area contributed by atoms with Crippen LogP contribution in [0.1, 0.15) is 20.3 Å². The molecule has 2 atom stereocenters. The van der Waals surface area contributed by atoms with Crippen LogP contribution in [0.4, 0.5) is 0 Å². The third-order valence-corrected chi connectivity index (χ3v) is 2.62. The molecule has 0 aliphatic carbocycles. The number of hydrogen-bond donors (Lipinski definition) is 1. The van der Waals surface area contributed by atoms with Gasteiger partial charge in [0.05, 0.1) is 6.10 Å². The van der Waals surface area contributed by atoms with Crippen LogP contribution in [0.3, 0.4) is 0 Å². The third-order valence-electron chi connectivity index (χ3n) is 2.62. The van der Waals surface area contributed by atoms with E-state index >= 15 is 0 Å². The van der Waals surface area contributed by atoms with Gasteiger partial charge < -0.3 is 10.1 Å². The van der Waals surface area contributed by atoms with Crippen molar-refractivity contribution >= 4 is 0 Å². The van der Waals surface area contributed by atoms with Crippen molar-refractivity contribution in [3.8, 4) is 0 Å². The summed E-state index contributed by atoms with van der Waals surface area (Å²) in [5.74, 6) is 1.58. The second kappa shape index (κ2) is 4.07. The Kier molecular flexibility index (Phi) is 3.34. The normalized spacial score (nSPS) is 32.7. The van der Waals surface area contributed by atoms with E-state index in [4.69, 9.17) is 4.74 Å². The summed E-state index contributed by atoms with van der Waals surface area (Å²) in [5, 5.41) is 3.39. The Hall–Kier alpha value is -0.0800. The van der Waals surface area contributed by atoms with Crippen molar-refractivity contribution in [2.45, 2.75) is 26.4 Å². The summed E-state index contributed by atoms with van der Waals surface area (Å²) in [6.07, 6.45) is 1.66. The van der Waals surface area contributed by atoms with Gasteiger partial charge in [0.2, 0.25) is 0 Å². The molecule has 1 aliphatic heterocycles. The molecule has 0 aromatic rings. The summed E-state index contributed by atoms with van der Waals surface area (Å²) in [7, 11) is 1.80. The molecule has 0 aromatic heterocycles. The quantitative estimate of drug-likeness (QED) is 0.651. The average Bonchev–Trinajstić information content (AvgIpc) is 2.05. The molecule has 0 radical (unpaired) electrons. The molecule has 1 aliphatic rings. The lowest BCUT2D eigenvalue weighted by Gasteiger charge is -2.31. The summed E-state index contributed by atoms with van der Waals surface area (Å²) < 4.78 is 5.31. The first-order valence-electron chi connectivity index (χ1n) is 4.47. The highest BCUT2D eigenvalue weighted by atomic mass is 16.5. The predicted octanol–water partition coefficient (Wildman–Crippen LogP) is 1.27. The van der Waals surface area contributed by atoms with Crippen molar-refractivity contribution in [2.24, 2.45) is 11.8 Å². The summed E-state index contributed by atoms with van der Waals surface area (Å²) in [6, 6.07) is 0. The number of piperidine rings is 1. The third kappa shape index (κ3) is 2.46. The van der Waals surface area contributed by atoms with Gasteiger partial charge in [-0.15, -0.1) is 0 Å². The lowest BCUT2D eigenvalue weighted by Crippen LogP contribution is -2.42. The van der Waals surface area contributed by atoms with Crippen LogP contribution in [0.25, 0.3) is 0 Å². The van der Waals surface area contributed by atoms with E-state index in [1.807, 2.05) is 0 Å². The Morgan fingerprint density at radius 1 is 1.36 bits per heavy atom. The molecule has 2 heteroatoms. The van der Waals surface area contributed by atoms with E-state index < -0.39 is 0 Å². The van der Waals surface area contributed by atoms with Gasteiger partial charge in [-0.2, -0.15) is 0 Å². The molecular formula is C9H19NO. The van der Waals surface area contributed by atoms with Crippen LogP contribution in [-0.4, -0.2) is 26.3 Å². The number of methoxy groups -OCH3 is 1. The molecule has 0 spiro atoms. The van der Waals surface area contributed by atoms with Crippen LogP contribution in [0.2, 0.25) is 0 Å². The van der Waals surface area contributed by atoms with Gasteiger partial charge in [0.25, 0.3) is 0 Å². The van der Waals surface area contributed by atoms with Crippen molar-refractivity contribution in [1.29, 1.82) is 0 Å². The highest BCUT2D eigenvalue weighted by molar-refractivity contribution is 4.78. The second-order valence-corrected chi connectivity index (χ2v) is 3.76. The van der Waals surface area contributed by atoms with Crippen LogP contribution < -0.4 is 5.32 Å². The zero-order valence-electron chi connectivity index (χ0n) is 7.76. The molecule has 1 heterocycles. The van der Waals surface area contributed by atoms with Gasteiger partial charge in [-0.25, -0.2) is 0 Å². The summed E-state index contributed by atoms with van der Waals surface area (Å²) in [6.45, 7) is 6.76. The Morgan fingerprint density at radius 2 is 2.09 bits per heavy atom. The fourth-order valence-electron chi connectivity index (χ4n) is 1.62. The zero-order valence-corrected chi connectivity index (χ0v) is 7.76. The molecule has 0 unspecified atom stereocenters. The Balaban J connectivity index is 2.33. The van der Waals surface area contributed by atoms with Gasteiger partial charge in [0, 0.05) is 13.7 Å². The van der Waals surface area contributed by atoms with Crippen LogP contribution in [0.5, 0.6) is 0 Å². The molecule has 1 saturated heterocycles. The molecule has 66 valence electrons. The van der Waals surface area contributed by atoms with Gasteiger partial charge in [0.1, 0.15) is 0 Å². The van der Waals surface area contributed by atoms with E-state index in [1.54, 1.807) is 7.11 Å². The Labute approximate surface area is 69.3 Å². The summed E-state index contributed by atoms with van der Waals surface area (Å²) in [4.78, 5) is 0. The lowest BCUT2D eigenvalue weighted by atomic mass is 9.87. The zero-order chi connectivity index (χ0) is 8.27. The smallest absolute Gasteiger partial charge is 0.0698 e. The van der Waals surface area contributed by atoms with Gasteiger partial charge >= 0.3 is 0 Å². The highest BCUT2D eigenvalue weighted by Crippen LogP contribution is 2.20. The first-order valence-corrected chi connectivity index (χ1v) is 4.47. The Bertz CT molecular complexity index is 114. The fraction of sp³-hybridized carbons (Fsp3) is 1.00. The molecule has 0 amide bonds. The first-order chi connectivity index (χ1) is 5.24. The maximum atomic E-state index is 5.31. The molecule has 2 nitrogen and oxygen atoms in total. The minimum atomic E-state index is 0.441. The largest absolute Gasteiger partial charge is 0.380 e. The summed E-state index contributed by atoms with van der Waals surface area (Å²) in [5.41, 5.74) is 0. The SMILES string of the molecule is CO[C@H]1CNC[C@@H](C(C)C)C1. The van der Waals surface area contributed by atoms with Crippen molar-refractivity contribution in [3.63, 3.8) is 0 Å². The topological polar surface area (TPSA) is 21.3 Å². The number of hydrogen-bond acceptors (Lipinski definition) is 2. The van der Waals surface area contributed by atoms with Crippen LogP contribution in [-0.2, 0) is 4.74 Å². The number of rotatable bonds is 2. The van der Waals surface area contributed by atoms with E-state index in [1.165, 1.54) is 6.42 Å². The molecule has 1 N–H and O–H groups in total. The summed E-state index contributed by atoms with van der Waals surface area (Å²) >= 11 is 0. The number of nitrogens with one attached hydrogen (secondary N) is 1. The van der Waals surface area contributed by atoms with Crippen LogP contribution in [0.15, 0.2) is 0 Å². The molecule has 1 rings (SSSR count). The average molecular weight is 157 g/mol. The van der Waals surface area contributed by atoms with Crippen LogP contribution >= 0.6 is 0 Å². The van der Waals surface area contributed by atoms with Gasteiger partial charge in [0.15, 0.2) is 0 Å². The first kappa shape index (κ1) is 9.01. The van der Waals surface area contributed by atoms with Crippen molar-refractivity contribution < 1.29 is 4.74 Å². The maximum absolute atomic E-state index is 5.31. The lowest BCUT2D eigenvalue weighted by molar-refractivity contribution is 0.0520. The monoisotopic (exact) mass is 157 g/mol. The van der Waals surface area contributed by atoms with E-state index in [-0.39, 0.29) is 0 Å². The van der Waals surface area contributed by atoms with E-state index in [0.29, 0.717) is 6.10 Å². The van der Waals surface area contributed by atoms with E-state index in [2.05, 4.69) is 19.2 Å². The molecule has 0 bridgehead atoms. The second-order valence-electron chi connectivity index (χ2n) is 3.76. The molecule has 1 fully saturated rings. The molecule has 11 heavy (non-hydrogen) atoms. The predicted molar refractivity (Wildman–Crippen MR) is 46.6 cm³/mol. The van der Waals surface area contributed by atoms with Gasteiger partial charge in [-0.3, -0.25) is 0 Å².